The van der Waals surface area contributed by atoms with Crippen molar-refractivity contribution in [1.29, 1.82) is 0 Å². The van der Waals surface area contributed by atoms with E-state index in [-0.39, 0.29) is 10.6 Å². The van der Waals surface area contributed by atoms with Crippen molar-refractivity contribution in [1.82, 2.24) is 9.97 Å². The van der Waals surface area contributed by atoms with Crippen LogP contribution in [0, 0.1) is 5.82 Å². The van der Waals surface area contributed by atoms with Gasteiger partial charge < -0.3 is 15.0 Å². The molecule has 1 aliphatic rings. The molecule has 0 saturated carbocycles. The van der Waals surface area contributed by atoms with Crippen LogP contribution in [0.3, 0.4) is 0 Å². The number of amides is 1. The first-order chi connectivity index (χ1) is 13.1. The molecule has 1 N–H and O–H groups in total. The topological polar surface area (TPSA) is 67.4 Å². The normalized spacial score (nSPS) is 14.4. The maximum Gasteiger partial charge on any atom is 0.257 e. The number of carbonyl (C=O) groups excluding carboxylic acids is 1. The summed E-state index contributed by atoms with van der Waals surface area (Å²) in [4.78, 5) is 23.3. The number of halogens is 2. The Kier molecular flexibility index (Phi) is 4.87. The summed E-state index contributed by atoms with van der Waals surface area (Å²) in [6.45, 7) is 2.85. The lowest BCUT2D eigenvalue weighted by Crippen LogP contribution is -2.36. The minimum Gasteiger partial charge on any atom is -0.378 e. The van der Waals surface area contributed by atoms with Crippen LogP contribution in [-0.2, 0) is 4.74 Å². The quantitative estimate of drug-likeness (QED) is 0.746. The molecule has 0 aliphatic carbocycles. The van der Waals surface area contributed by atoms with E-state index in [4.69, 9.17) is 16.3 Å². The third kappa shape index (κ3) is 3.70. The van der Waals surface area contributed by atoms with Crippen molar-refractivity contribution >= 4 is 39.9 Å². The molecule has 2 heterocycles. The van der Waals surface area contributed by atoms with Crippen LogP contribution in [0.25, 0.3) is 10.9 Å². The van der Waals surface area contributed by atoms with Crippen LogP contribution in [0.1, 0.15) is 10.4 Å². The van der Waals surface area contributed by atoms with Crippen LogP contribution < -0.4 is 10.2 Å². The van der Waals surface area contributed by atoms with Gasteiger partial charge in [-0.3, -0.25) is 4.79 Å². The van der Waals surface area contributed by atoms with Gasteiger partial charge in [0.1, 0.15) is 18.0 Å². The molecule has 4 rings (SSSR count). The monoisotopic (exact) mass is 386 g/mol. The molecule has 0 spiro atoms. The standard InChI is InChI=1S/C19H16ClFN4O2/c20-16-4-1-12(21)9-15(16)19(26)24-13-2-3-14-17(10-13)22-11-23-18(14)25-5-7-27-8-6-25/h1-4,9-11H,5-8H2,(H,24,26). The lowest BCUT2D eigenvalue weighted by atomic mass is 10.1. The molecule has 6 nitrogen and oxygen atoms in total. The smallest absolute Gasteiger partial charge is 0.257 e. The Hall–Kier alpha value is -2.77. The van der Waals surface area contributed by atoms with Gasteiger partial charge in [-0.05, 0) is 36.4 Å². The number of ether oxygens (including phenoxy) is 1. The minimum atomic E-state index is -0.522. The number of hydrogen-bond donors (Lipinski definition) is 1. The van der Waals surface area contributed by atoms with Crippen LogP contribution in [0.5, 0.6) is 0 Å². The molecule has 2 aromatic carbocycles. The Labute approximate surface area is 159 Å². The summed E-state index contributed by atoms with van der Waals surface area (Å²) in [7, 11) is 0. The molecule has 0 unspecified atom stereocenters. The van der Waals surface area contributed by atoms with Crippen LogP contribution in [0.4, 0.5) is 15.9 Å². The van der Waals surface area contributed by atoms with Gasteiger partial charge in [0, 0.05) is 24.2 Å². The highest BCUT2D eigenvalue weighted by Crippen LogP contribution is 2.26. The van der Waals surface area contributed by atoms with Crippen molar-refractivity contribution in [2.24, 2.45) is 0 Å². The zero-order valence-electron chi connectivity index (χ0n) is 14.3. The van der Waals surface area contributed by atoms with E-state index in [1.807, 2.05) is 6.07 Å². The maximum atomic E-state index is 13.4. The average molecular weight is 387 g/mol. The summed E-state index contributed by atoms with van der Waals surface area (Å²) < 4.78 is 18.8. The van der Waals surface area contributed by atoms with E-state index < -0.39 is 11.7 Å². The maximum absolute atomic E-state index is 13.4. The van der Waals surface area contributed by atoms with Gasteiger partial charge >= 0.3 is 0 Å². The van der Waals surface area contributed by atoms with Crippen molar-refractivity contribution in [3.8, 4) is 0 Å². The molecule has 0 bridgehead atoms. The molecule has 1 saturated heterocycles. The van der Waals surface area contributed by atoms with Gasteiger partial charge in [0.05, 0.1) is 29.3 Å². The first-order valence-electron chi connectivity index (χ1n) is 8.46. The average Bonchev–Trinajstić information content (AvgIpc) is 2.69. The van der Waals surface area contributed by atoms with Crippen molar-refractivity contribution in [3.63, 3.8) is 0 Å². The fourth-order valence-electron chi connectivity index (χ4n) is 3.02. The molecule has 27 heavy (non-hydrogen) atoms. The molecule has 138 valence electrons. The Morgan fingerprint density at radius 3 is 2.78 bits per heavy atom. The number of anilines is 2. The number of carbonyl (C=O) groups is 1. The molecule has 3 aromatic rings. The third-order valence-electron chi connectivity index (χ3n) is 4.36. The molecule has 1 aromatic heterocycles. The highest BCUT2D eigenvalue weighted by molar-refractivity contribution is 6.34. The zero-order chi connectivity index (χ0) is 18.8. The number of benzene rings is 2. The van der Waals surface area contributed by atoms with Gasteiger partial charge in [0.25, 0.3) is 5.91 Å². The summed E-state index contributed by atoms with van der Waals surface area (Å²) in [5, 5.41) is 3.81. The Morgan fingerprint density at radius 2 is 1.96 bits per heavy atom. The molecule has 1 aliphatic heterocycles. The molecular weight excluding hydrogens is 371 g/mol. The lowest BCUT2D eigenvalue weighted by molar-refractivity contribution is 0.102. The molecule has 1 amide bonds. The highest BCUT2D eigenvalue weighted by Gasteiger charge is 2.17. The first kappa shape index (κ1) is 17.6. The van der Waals surface area contributed by atoms with Crippen molar-refractivity contribution < 1.29 is 13.9 Å². The van der Waals surface area contributed by atoms with E-state index in [9.17, 15) is 9.18 Å². The van der Waals surface area contributed by atoms with Gasteiger partial charge in [-0.1, -0.05) is 11.6 Å². The van der Waals surface area contributed by atoms with Crippen molar-refractivity contribution in [2.75, 3.05) is 36.5 Å². The number of rotatable bonds is 3. The fraction of sp³-hybridized carbons (Fsp3) is 0.211. The van der Waals surface area contributed by atoms with E-state index in [1.54, 1.807) is 12.1 Å². The third-order valence-corrected chi connectivity index (χ3v) is 4.69. The summed E-state index contributed by atoms with van der Waals surface area (Å²) in [5.41, 5.74) is 1.32. The largest absolute Gasteiger partial charge is 0.378 e. The number of hydrogen-bond acceptors (Lipinski definition) is 5. The Balaban J connectivity index is 1.62. The van der Waals surface area contributed by atoms with Gasteiger partial charge in [0.15, 0.2) is 0 Å². The van der Waals surface area contributed by atoms with Crippen molar-refractivity contribution in [3.05, 3.63) is 59.1 Å². The SMILES string of the molecule is O=C(Nc1ccc2c(N3CCOCC3)ncnc2c1)c1cc(F)ccc1Cl. The molecule has 1 fully saturated rings. The number of nitrogens with zero attached hydrogens (tertiary/aromatic N) is 3. The molecule has 0 atom stereocenters. The zero-order valence-corrected chi connectivity index (χ0v) is 15.0. The van der Waals surface area contributed by atoms with E-state index in [2.05, 4.69) is 20.2 Å². The van der Waals surface area contributed by atoms with Crippen molar-refractivity contribution in [2.45, 2.75) is 0 Å². The molecule has 8 heteroatoms. The summed E-state index contributed by atoms with van der Waals surface area (Å²) in [6.07, 6.45) is 1.50. The van der Waals surface area contributed by atoms with E-state index >= 15 is 0 Å². The van der Waals surface area contributed by atoms with Gasteiger partial charge in [0.2, 0.25) is 0 Å². The number of nitrogens with one attached hydrogen (secondary N) is 1. The predicted molar refractivity (Wildman–Crippen MR) is 102 cm³/mol. The predicted octanol–water partition coefficient (Wildman–Crippen LogP) is 3.51. The van der Waals surface area contributed by atoms with Gasteiger partial charge in [-0.25, -0.2) is 14.4 Å². The molecule has 0 radical (unpaired) electrons. The Morgan fingerprint density at radius 1 is 1.15 bits per heavy atom. The number of morpholine rings is 1. The van der Waals surface area contributed by atoms with Crippen LogP contribution in [0.2, 0.25) is 5.02 Å². The minimum absolute atomic E-state index is 0.0773. The van der Waals surface area contributed by atoms with Gasteiger partial charge in [-0.2, -0.15) is 0 Å². The van der Waals surface area contributed by atoms with E-state index in [0.717, 1.165) is 30.4 Å². The first-order valence-corrected chi connectivity index (χ1v) is 8.83. The second kappa shape index (κ2) is 7.46. The van der Waals surface area contributed by atoms with Crippen LogP contribution >= 0.6 is 11.6 Å². The fourth-order valence-corrected chi connectivity index (χ4v) is 3.22. The Bertz CT molecular complexity index is 1010. The van der Waals surface area contributed by atoms with E-state index in [1.165, 1.54) is 18.5 Å². The second-order valence-corrected chi connectivity index (χ2v) is 6.51. The van der Waals surface area contributed by atoms with Crippen LogP contribution in [0.15, 0.2) is 42.7 Å². The summed E-state index contributed by atoms with van der Waals surface area (Å²) >= 11 is 6.00. The van der Waals surface area contributed by atoms with Gasteiger partial charge in [-0.15, -0.1) is 0 Å². The highest BCUT2D eigenvalue weighted by atomic mass is 35.5. The number of fused-ring (bicyclic) bond motifs is 1. The van der Waals surface area contributed by atoms with E-state index in [0.29, 0.717) is 24.4 Å². The molecular formula is C19H16ClFN4O2. The summed E-state index contributed by atoms with van der Waals surface area (Å²) in [5.74, 6) is -0.165. The second-order valence-electron chi connectivity index (χ2n) is 6.11. The lowest BCUT2D eigenvalue weighted by Gasteiger charge is -2.28. The number of aromatic nitrogens is 2. The summed E-state index contributed by atoms with van der Waals surface area (Å²) in [6, 6.07) is 9.06. The van der Waals surface area contributed by atoms with Crippen LogP contribution in [-0.4, -0.2) is 42.2 Å².